The first kappa shape index (κ1) is 20.2. The maximum absolute atomic E-state index is 12.4. The van der Waals surface area contributed by atoms with Crippen molar-refractivity contribution in [2.75, 3.05) is 6.61 Å². The maximum atomic E-state index is 12.4. The molecule has 0 heterocycles. The van der Waals surface area contributed by atoms with Gasteiger partial charge in [0.15, 0.2) is 6.61 Å². The molecule has 0 spiro atoms. The summed E-state index contributed by atoms with van der Waals surface area (Å²) in [5.74, 6) is -2.38. The van der Waals surface area contributed by atoms with Crippen molar-refractivity contribution >= 4 is 17.8 Å². The van der Waals surface area contributed by atoms with Crippen LogP contribution in [0.2, 0.25) is 0 Å². The Morgan fingerprint density at radius 3 is 2.21 bits per heavy atom. The number of rotatable bonds is 5. The number of fused-ring (bicyclic) bond motifs is 2. The van der Waals surface area contributed by atoms with Crippen molar-refractivity contribution < 1.29 is 24.2 Å². The molecule has 2 fully saturated rings. The number of carbonyl (C=O) groups is 3. The average molecular weight is 388 g/mol. The molecule has 2 aliphatic rings. The average Bonchev–Trinajstić information content (AvgIpc) is 3.25. The second-order valence-electron chi connectivity index (χ2n) is 8.82. The number of hydrogen-bond donors (Lipinski definition) is 3. The van der Waals surface area contributed by atoms with E-state index in [4.69, 9.17) is 4.74 Å². The number of hydrogen-bond acceptors (Lipinski definition) is 4. The van der Waals surface area contributed by atoms with Crippen molar-refractivity contribution in [1.29, 1.82) is 0 Å². The molecule has 3 rings (SSSR count). The van der Waals surface area contributed by atoms with Crippen LogP contribution in [0, 0.1) is 23.7 Å². The molecule has 1 aromatic rings. The van der Waals surface area contributed by atoms with Gasteiger partial charge in [-0.05, 0) is 54.2 Å². The number of nitrogens with one attached hydrogen (secondary N) is 2. The first-order valence-electron chi connectivity index (χ1n) is 9.71. The lowest BCUT2D eigenvalue weighted by Crippen LogP contribution is -2.49. The number of carboxylic acids is 1. The minimum atomic E-state index is -0.930. The van der Waals surface area contributed by atoms with E-state index < -0.39 is 29.6 Å². The lowest BCUT2D eigenvalue weighted by molar-refractivity contribution is -0.150. The van der Waals surface area contributed by atoms with Crippen molar-refractivity contribution in [2.24, 2.45) is 23.7 Å². The molecule has 2 saturated carbocycles. The summed E-state index contributed by atoms with van der Waals surface area (Å²) in [6.07, 6.45) is 2.50. The fourth-order valence-corrected chi connectivity index (χ4v) is 4.47. The van der Waals surface area contributed by atoms with Gasteiger partial charge in [0, 0.05) is 0 Å². The molecule has 1 aromatic carbocycles. The number of aliphatic carboxylic acids is 1. The van der Waals surface area contributed by atoms with Crippen molar-refractivity contribution in [3.63, 3.8) is 0 Å². The number of carboxylic acid groups (broad SMARTS) is 1. The van der Waals surface area contributed by atoms with Gasteiger partial charge in [-0.15, -0.1) is 0 Å². The molecule has 3 N–H and O–H groups in total. The molecular formula is C21H28N2O5. The zero-order valence-electron chi connectivity index (χ0n) is 16.5. The molecule has 0 saturated heterocycles. The van der Waals surface area contributed by atoms with Crippen LogP contribution in [0.3, 0.4) is 0 Å². The molecule has 2 aliphatic carbocycles. The highest BCUT2D eigenvalue weighted by Gasteiger charge is 2.54. The Morgan fingerprint density at radius 2 is 1.64 bits per heavy atom. The molecule has 152 valence electrons. The Kier molecular flexibility index (Phi) is 5.63. The minimum absolute atomic E-state index is 0.0354. The molecule has 0 radical (unpaired) electrons. The summed E-state index contributed by atoms with van der Waals surface area (Å²) in [5.41, 5.74) is 5.90. The van der Waals surface area contributed by atoms with Gasteiger partial charge in [-0.1, -0.05) is 32.9 Å². The molecule has 4 atom stereocenters. The molecule has 0 aliphatic heterocycles. The van der Waals surface area contributed by atoms with Crippen LogP contribution < -0.4 is 15.6 Å². The number of ether oxygens (including phenoxy) is 1. The third kappa shape index (κ3) is 4.29. The third-order valence-electron chi connectivity index (χ3n) is 5.92. The first-order chi connectivity index (χ1) is 13.2. The van der Waals surface area contributed by atoms with Crippen LogP contribution >= 0.6 is 0 Å². The number of carbonyl (C=O) groups excluding carboxylic acids is 2. The van der Waals surface area contributed by atoms with Crippen molar-refractivity contribution in [3.05, 3.63) is 29.8 Å². The number of hydrazine groups is 1. The van der Waals surface area contributed by atoms with Crippen molar-refractivity contribution in [1.82, 2.24) is 10.9 Å². The van der Waals surface area contributed by atoms with Gasteiger partial charge in [-0.2, -0.15) is 0 Å². The summed E-state index contributed by atoms with van der Waals surface area (Å²) in [6, 6.07) is 7.52. The van der Waals surface area contributed by atoms with E-state index in [-0.39, 0.29) is 23.9 Å². The van der Waals surface area contributed by atoms with E-state index in [9.17, 15) is 19.5 Å². The lowest BCUT2D eigenvalue weighted by Gasteiger charge is -2.26. The number of amides is 2. The second-order valence-corrected chi connectivity index (χ2v) is 8.82. The predicted octanol–water partition coefficient (Wildman–Crippen LogP) is 2.26. The van der Waals surface area contributed by atoms with Gasteiger partial charge in [-0.3, -0.25) is 25.2 Å². The Labute approximate surface area is 164 Å². The zero-order valence-corrected chi connectivity index (χ0v) is 16.5. The molecule has 0 unspecified atom stereocenters. The highest BCUT2D eigenvalue weighted by atomic mass is 16.5. The van der Waals surface area contributed by atoms with Gasteiger partial charge >= 0.3 is 5.97 Å². The van der Waals surface area contributed by atoms with Crippen molar-refractivity contribution in [3.8, 4) is 5.75 Å². The molecule has 2 amide bonds. The Morgan fingerprint density at radius 1 is 1.04 bits per heavy atom. The Hall–Kier alpha value is -2.57. The Bertz CT molecular complexity index is 753. The van der Waals surface area contributed by atoms with E-state index in [0.29, 0.717) is 5.75 Å². The van der Waals surface area contributed by atoms with E-state index in [1.54, 1.807) is 12.1 Å². The first-order valence-corrected chi connectivity index (χ1v) is 9.71. The lowest BCUT2D eigenvalue weighted by atomic mass is 9.79. The zero-order chi connectivity index (χ0) is 20.5. The van der Waals surface area contributed by atoms with Gasteiger partial charge in [0.1, 0.15) is 5.75 Å². The summed E-state index contributed by atoms with van der Waals surface area (Å²) in [4.78, 5) is 35.9. The van der Waals surface area contributed by atoms with Gasteiger partial charge in [-0.25, -0.2) is 0 Å². The van der Waals surface area contributed by atoms with Crippen molar-refractivity contribution in [2.45, 2.75) is 45.4 Å². The fraction of sp³-hybridized carbons (Fsp3) is 0.571. The van der Waals surface area contributed by atoms with Crippen LogP contribution in [0.1, 0.15) is 45.6 Å². The third-order valence-corrected chi connectivity index (χ3v) is 5.92. The molecule has 28 heavy (non-hydrogen) atoms. The van der Waals surface area contributed by atoms with E-state index in [2.05, 4.69) is 31.6 Å². The van der Waals surface area contributed by atoms with Gasteiger partial charge in [0.05, 0.1) is 11.8 Å². The van der Waals surface area contributed by atoms with Gasteiger partial charge in [0.25, 0.3) is 5.91 Å². The van der Waals surface area contributed by atoms with Crippen LogP contribution in [0.4, 0.5) is 0 Å². The fourth-order valence-electron chi connectivity index (χ4n) is 4.47. The SMILES string of the molecule is CC(C)(C)c1ccc(OCC(=O)NNC(=O)[C@H]2[C@@H]3CC[C@@H](C3)[C@@H]2C(=O)O)cc1. The topological polar surface area (TPSA) is 105 Å². The molecular weight excluding hydrogens is 360 g/mol. The highest BCUT2D eigenvalue weighted by Crippen LogP contribution is 2.52. The van der Waals surface area contributed by atoms with E-state index in [1.165, 1.54) is 0 Å². The predicted molar refractivity (Wildman–Crippen MR) is 102 cm³/mol. The molecule has 7 heteroatoms. The minimum Gasteiger partial charge on any atom is -0.484 e. The van der Waals surface area contributed by atoms with Gasteiger partial charge in [0.2, 0.25) is 5.91 Å². The van der Waals surface area contributed by atoms with Crippen LogP contribution in [0.5, 0.6) is 5.75 Å². The summed E-state index contributed by atoms with van der Waals surface area (Å²) in [7, 11) is 0. The van der Waals surface area contributed by atoms with Gasteiger partial charge < -0.3 is 9.84 Å². The van der Waals surface area contributed by atoms with E-state index >= 15 is 0 Å². The van der Waals surface area contributed by atoms with Crippen LogP contribution in [-0.2, 0) is 19.8 Å². The summed E-state index contributed by atoms with van der Waals surface area (Å²) in [5, 5.41) is 9.42. The summed E-state index contributed by atoms with van der Waals surface area (Å²) >= 11 is 0. The molecule has 7 nitrogen and oxygen atoms in total. The van der Waals surface area contributed by atoms with E-state index in [0.717, 1.165) is 24.8 Å². The normalized spacial score (nSPS) is 26.0. The molecule has 0 aromatic heterocycles. The summed E-state index contributed by atoms with van der Waals surface area (Å²) in [6.45, 7) is 6.10. The smallest absolute Gasteiger partial charge is 0.307 e. The monoisotopic (exact) mass is 388 g/mol. The Balaban J connectivity index is 1.47. The quantitative estimate of drug-likeness (QED) is 0.671. The van der Waals surface area contributed by atoms with Crippen LogP contribution in [0.15, 0.2) is 24.3 Å². The molecule has 2 bridgehead atoms. The largest absolute Gasteiger partial charge is 0.484 e. The van der Waals surface area contributed by atoms with Crippen LogP contribution in [0.25, 0.3) is 0 Å². The highest BCUT2D eigenvalue weighted by molar-refractivity contribution is 5.88. The second kappa shape index (κ2) is 7.81. The maximum Gasteiger partial charge on any atom is 0.307 e. The summed E-state index contributed by atoms with van der Waals surface area (Å²) < 4.78 is 5.44. The van der Waals surface area contributed by atoms with E-state index in [1.807, 2.05) is 12.1 Å². The standard InChI is InChI=1S/C21H28N2O5/c1-21(2,3)14-6-8-15(9-7-14)28-11-16(24)22-23-19(25)17-12-4-5-13(10-12)18(17)20(26)27/h6-9,12-13,17-18H,4-5,10-11H2,1-3H3,(H,22,24)(H,23,25)(H,26,27)/t12-,13+,17+,18+/m1/s1. The van der Waals surface area contributed by atoms with Crippen LogP contribution in [-0.4, -0.2) is 29.5 Å². The number of benzene rings is 1.